The summed E-state index contributed by atoms with van der Waals surface area (Å²) in [6, 6.07) is 0. The monoisotopic (exact) mass is 266 g/mol. The highest BCUT2D eigenvalue weighted by Crippen LogP contribution is 2.27. The lowest BCUT2D eigenvalue weighted by Gasteiger charge is -2.21. The fourth-order valence-corrected chi connectivity index (χ4v) is 3.60. The molecule has 0 heteroatoms. The van der Waals surface area contributed by atoms with E-state index in [0.717, 1.165) is 23.7 Å². The normalized spacial score (nSPS) is 37.3. The van der Waals surface area contributed by atoms with E-state index >= 15 is 0 Å². The van der Waals surface area contributed by atoms with Crippen molar-refractivity contribution in [3.05, 3.63) is 0 Å². The van der Waals surface area contributed by atoms with Gasteiger partial charge in [0, 0.05) is 0 Å². The van der Waals surface area contributed by atoms with E-state index in [1.807, 2.05) is 0 Å². The first-order valence-corrected chi connectivity index (χ1v) is 9.09. The van der Waals surface area contributed by atoms with E-state index in [4.69, 9.17) is 0 Å². The maximum Gasteiger partial charge on any atom is -0.0417 e. The van der Waals surface area contributed by atoms with Crippen LogP contribution >= 0.6 is 0 Å². The van der Waals surface area contributed by atoms with E-state index in [2.05, 4.69) is 27.7 Å². The Kier molecular flexibility index (Phi) is 8.83. The van der Waals surface area contributed by atoms with Crippen LogP contribution in [0, 0.1) is 23.7 Å². The molecule has 4 unspecified atom stereocenters. The average Bonchev–Trinajstić information content (AvgIpc) is 2.37. The van der Waals surface area contributed by atoms with E-state index < -0.39 is 0 Å². The van der Waals surface area contributed by atoms with Crippen LogP contribution in [-0.2, 0) is 0 Å². The Balaban J connectivity index is 2.38. The van der Waals surface area contributed by atoms with E-state index in [9.17, 15) is 0 Å². The van der Waals surface area contributed by atoms with Crippen molar-refractivity contribution in [1.29, 1.82) is 0 Å². The maximum atomic E-state index is 2.48. The Morgan fingerprint density at radius 3 is 1.21 bits per heavy atom. The largest absolute Gasteiger partial charge is 0.0625 e. The van der Waals surface area contributed by atoms with Gasteiger partial charge in [0.15, 0.2) is 0 Å². The summed E-state index contributed by atoms with van der Waals surface area (Å²) >= 11 is 0. The van der Waals surface area contributed by atoms with Crippen LogP contribution in [0.5, 0.6) is 0 Å². The minimum absolute atomic E-state index is 0.938. The zero-order valence-electron chi connectivity index (χ0n) is 14.1. The summed E-state index contributed by atoms with van der Waals surface area (Å²) in [7, 11) is 0. The van der Waals surface area contributed by atoms with E-state index in [0.29, 0.717) is 0 Å². The van der Waals surface area contributed by atoms with E-state index in [1.54, 1.807) is 0 Å². The zero-order valence-corrected chi connectivity index (χ0v) is 14.1. The molecule has 114 valence electrons. The van der Waals surface area contributed by atoms with Crippen molar-refractivity contribution >= 4 is 0 Å². The quantitative estimate of drug-likeness (QED) is 0.450. The van der Waals surface area contributed by atoms with Gasteiger partial charge in [-0.15, -0.1) is 0 Å². The summed E-state index contributed by atoms with van der Waals surface area (Å²) in [5.41, 5.74) is 0. The summed E-state index contributed by atoms with van der Waals surface area (Å²) < 4.78 is 0. The molecule has 0 aromatic heterocycles. The van der Waals surface area contributed by atoms with Crippen molar-refractivity contribution in [3.8, 4) is 0 Å². The molecular weight excluding hydrogens is 228 g/mol. The highest BCUT2D eigenvalue weighted by atomic mass is 14.2. The van der Waals surface area contributed by atoms with Crippen LogP contribution in [0.2, 0.25) is 0 Å². The second-order valence-electron chi connectivity index (χ2n) is 7.66. The Hall–Kier alpha value is 0. The smallest absolute Gasteiger partial charge is 0.0417 e. The first-order chi connectivity index (χ1) is 9.09. The Morgan fingerprint density at radius 1 is 0.421 bits per heavy atom. The van der Waals surface area contributed by atoms with Crippen molar-refractivity contribution in [2.75, 3.05) is 0 Å². The van der Waals surface area contributed by atoms with Crippen molar-refractivity contribution < 1.29 is 0 Å². The molecule has 0 aliphatic heterocycles. The van der Waals surface area contributed by atoms with Crippen molar-refractivity contribution in [2.45, 2.75) is 98.3 Å². The van der Waals surface area contributed by atoms with Gasteiger partial charge >= 0.3 is 0 Å². The molecule has 0 aromatic rings. The maximum absolute atomic E-state index is 2.48. The number of hydrogen-bond donors (Lipinski definition) is 0. The van der Waals surface area contributed by atoms with Crippen LogP contribution in [-0.4, -0.2) is 0 Å². The topological polar surface area (TPSA) is 0 Å². The molecule has 0 aromatic carbocycles. The zero-order chi connectivity index (χ0) is 14.1. The minimum atomic E-state index is 0.938. The van der Waals surface area contributed by atoms with Crippen LogP contribution in [0.4, 0.5) is 0 Å². The third-order valence-electron chi connectivity index (χ3n) is 5.58. The lowest BCUT2D eigenvalue weighted by molar-refractivity contribution is 0.308. The van der Waals surface area contributed by atoms with Gasteiger partial charge in [-0.3, -0.25) is 0 Å². The van der Waals surface area contributed by atoms with Crippen LogP contribution in [0.15, 0.2) is 0 Å². The summed E-state index contributed by atoms with van der Waals surface area (Å²) in [6.07, 6.45) is 16.1. The Bertz CT molecular complexity index is 186. The van der Waals surface area contributed by atoms with Crippen molar-refractivity contribution in [1.82, 2.24) is 0 Å². The van der Waals surface area contributed by atoms with Crippen LogP contribution in [0.3, 0.4) is 0 Å². The Labute approximate surface area is 122 Å². The molecule has 0 amide bonds. The van der Waals surface area contributed by atoms with Crippen LogP contribution in [0.1, 0.15) is 98.3 Å². The fourth-order valence-electron chi connectivity index (χ4n) is 3.60. The lowest BCUT2D eigenvalue weighted by Crippen LogP contribution is -2.09. The summed E-state index contributed by atoms with van der Waals surface area (Å²) in [5, 5.41) is 0. The second kappa shape index (κ2) is 9.83. The summed E-state index contributed by atoms with van der Waals surface area (Å²) in [5.74, 6) is 3.80. The van der Waals surface area contributed by atoms with Crippen molar-refractivity contribution in [3.63, 3.8) is 0 Å². The predicted molar refractivity (Wildman–Crippen MR) is 87.4 cm³/mol. The van der Waals surface area contributed by atoms with Gasteiger partial charge in [0.25, 0.3) is 0 Å². The molecule has 1 aliphatic carbocycles. The van der Waals surface area contributed by atoms with Gasteiger partial charge in [-0.05, 0) is 23.7 Å². The van der Waals surface area contributed by atoms with Crippen LogP contribution in [0.25, 0.3) is 0 Å². The molecular formula is C19H38. The molecule has 1 fully saturated rings. The summed E-state index contributed by atoms with van der Waals surface area (Å²) in [4.78, 5) is 0. The highest BCUT2D eigenvalue weighted by Gasteiger charge is 2.14. The number of hydrogen-bond acceptors (Lipinski definition) is 0. The molecule has 0 heterocycles. The molecule has 0 saturated heterocycles. The molecule has 1 saturated carbocycles. The first kappa shape index (κ1) is 17.1. The van der Waals surface area contributed by atoms with Crippen molar-refractivity contribution in [2.24, 2.45) is 23.7 Å². The molecule has 0 radical (unpaired) electrons. The SMILES string of the molecule is CC1CCCCCC(C)CCCC(C)C(C)CCC1. The lowest BCUT2D eigenvalue weighted by atomic mass is 9.85. The van der Waals surface area contributed by atoms with E-state index in [-0.39, 0.29) is 0 Å². The molecule has 1 aliphatic rings. The predicted octanol–water partition coefficient (Wildman–Crippen LogP) is 6.84. The third kappa shape index (κ3) is 8.00. The molecule has 4 atom stereocenters. The van der Waals surface area contributed by atoms with Gasteiger partial charge in [-0.2, -0.15) is 0 Å². The molecule has 0 N–H and O–H groups in total. The molecule has 1 rings (SSSR count). The van der Waals surface area contributed by atoms with Gasteiger partial charge in [-0.25, -0.2) is 0 Å². The first-order valence-electron chi connectivity index (χ1n) is 9.09. The fraction of sp³-hybridized carbons (Fsp3) is 1.00. The van der Waals surface area contributed by atoms with Gasteiger partial charge in [0.2, 0.25) is 0 Å². The average molecular weight is 267 g/mol. The van der Waals surface area contributed by atoms with Crippen LogP contribution < -0.4 is 0 Å². The minimum Gasteiger partial charge on any atom is -0.0625 e. The van der Waals surface area contributed by atoms with Gasteiger partial charge in [0.05, 0.1) is 0 Å². The van der Waals surface area contributed by atoms with Gasteiger partial charge in [0.1, 0.15) is 0 Å². The second-order valence-corrected chi connectivity index (χ2v) is 7.66. The summed E-state index contributed by atoms with van der Waals surface area (Å²) in [6.45, 7) is 9.90. The van der Waals surface area contributed by atoms with Gasteiger partial charge in [-0.1, -0.05) is 98.3 Å². The Morgan fingerprint density at radius 2 is 0.789 bits per heavy atom. The van der Waals surface area contributed by atoms with E-state index in [1.165, 1.54) is 70.6 Å². The molecule has 19 heavy (non-hydrogen) atoms. The third-order valence-corrected chi connectivity index (χ3v) is 5.58. The molecule has 0 bridgehead atoms. The standard InChI is InChI=1S/C19H38/c1-16-10-6-5-7-11-17(2)13-9-15-19(4)18(3)14-8-12-16/h16-19H,5-15H2,1-4H3. The highest BCUT2D eigenvalue weighted by molar-refractivity contribution is 4.66. The van der Waals surface area contributed by atoms with Gasteiger partial charge < -0.3 is 0 Å². The molecule has 0 nitrogen and oxygen atoms in total. The number of rotatable bonds is 0. The molecule has 0 spiro atoms.